The van der Waals surface area contributed by atoms with Gasteiger partial charge in [-0.1, -0.05) is 6.58 Å². The highest BCUT2D eigenvalue weighted by Gasteiger charge is 2.21. The Morgan fingerprint density at radius 3 is 2.83 bits per heavy atom. The Hall–Kier alpha value is -3.83. The van der Waals surface area contributed by atoms with Crippen molar-refractivity contribution in [2.45, 2.75) is 6.29 Å². The molecule has 0 aliphatic carbocycles. The number of methoxy groups -OCH3 is 1. The van der Waals surface area contributed by atoms with Gasteiger partial charge < -0.3 is 30.5 Å². The Morgan fingerprint density at radius 2 is 2.11 bits per heavy atom. The van der Waals surface area contributed by atoms with Crippen molar-refractivity contribution < 1.29 is 9.53 Å². The van der Waals surface area contributed by atoms with Crippen LogP contribution in [0.5, 0.6) is 5.75 Å². The predicted octanol–water partition coefficient (Wildman–Crippen LogP) is 3.18. The molecule has 0 radical (unpaired) electrons. The largest absolute Gasteiger partial charge is 0.495 e. The normalized spacial score (nSPS) is 14.9. The molecule has 3 aromatic rings. The molecule has 1 unspecified atom stereocenters. The van der Waals surface area contributed by atoms with Crippen molar-refractivity contribution in [3.05, 3.63) is 48.0 Å². The zero-order valence-corrected chi connectivity index (χ0v) is 22.0. The third-order valence-electron chi connectivity index (χ3n) is 5.83. The maximum Gasteiger partial charge on any atom is 0.247 e. The van der Waals surface area contributed by atoms with Gasteiger partial charge in [0.15, 0.2) is 6.29 Å². The number of anilines is 3. The molecule has 1 aliphatic heterocycles. The lowest BCUT2D eigenvalue weighted by atomic mass is 10.2. The monoisotopic (exact) mass is 508 g/mol. The van der Waals surface area contributed by atoms with Crippen LogP contribution in [0.4, 0.5) is 17.1 Å². The fourth-order valence-electron chi connectivity index (χ4n) is 3.89. The van der Waals surface area contributed by atoms with E-state index in [-0.39, 0.29) is 5.91 Å². The van der Waals surface area contributed by atoms with Gasteiger partial charge in [-0.2, -0.15) is 5.10 Å². The van der Waals surface area contributed by atoms with E-state index >= 15 is 0 Å². The fraction of sp³-hybridized carbons (Fsp3) is 0.320. The van der Waals surface area contributed by atoms with Gasteiger partial charge in [-0.15, -0.1) is 11.3 Å². The number of rotatable bonds is 10. The number of aliphatic imine (C=N–C) groups is 1. The van der Waals surface area contributed by atoms with Crippen molar-refractivity contribution in [3.8, 4) is 5.75 Å². The van der Waals surface area contributed by atoms with E-state index < -0.39 is 6.29 Å². The van der Waals surface area contributed by atoms with Gasteiger partial charge in [0.25, 0.3) is 0 Å². The van der Waals surface area contributed by atoms with Gasteiger partial charge in [0.05, 0.1) is 40.1 Å². The third-order valence-corrected chi connectivity index (χ3v) is 6.74. The molecule has 0 saturated heterocycles. The van der Waals surface area contributed by atoms with Crippen LogP contribution in [0.15, 0.2) is 47.3 Å². The lowest BCUT2D eigenvalue weighted by Gasteiger charge is -2.27. The highest BCUT2D eigenvalue weighted by atomic mass is 32.1. The molecule has 1 aromatic carbocycles. The molecule has 2 aromatic heterocycles. The molecule has 36 heavy (non-hydrogen) atoms. The standard InChI is InChI=1S/C25H32N8O2S/c1-7-22(34)27-17-14-18(21(35-6)15-20(17)32(4)12-11-31(2)3)29-25-26-10-8-16(28-25)23-24-19(9-13-36-24)33(5)30-23/h7-10,13-15,25,28-29H,1,11-12H2,2-6H3,(H,27,34). The van der Waals surface area contributed by atoms with Gasteiger partial charge in [-0.25, -0.2) is 4.99 Å². The highest BCUT2D eigenvalue weighted by Crippen LogP contribution is 2.37. The zero-order chi connectivity index (χ0) is 25.8. The first-order valence-corrected chi connectivity index (χ1v) is 12.4. The highest BCUT2D eigenvalue weighted by molar-refractivity contribution is 7.17. The second-order valence-corrected chi connectivity index (χ2v) is 9.58. The number of hydrogen-bond acceptors (Lipinski definition) is 9. The van der Waals surface area contributed by atoms with Crippen LogP contribution in [0.25, 0.3) is 15.9 Å². The summed E-state index contributed by atoms with van der Waals surface area (Å²) in [6.45, 7) is 5.21. The van der Waals surface area contributed by atoms with Crippen molar-refractivity contribution in [2.24, 2.45) is 12.0 Å². The third kappa shape index (κ3) is 5.37. The maximum absolute atomic E-state index is 12.2. The predicted molar refractivity (Wildman–Crippen MR) is 149 cm³/mol. The number of hydrogen-bond donors (Lipinski definition) is 3. The van der Waals surface area contributed by atoms with Crippen LogP contribution >= 0.6 is 11.3 Å². The molecular weight excluding hydrogens is 476 g/mol. The van der Waals surface area contributed by atoms with E-state index in [2.05, 4.69) is 53.9 Å². The molecule has 0 fully saturated rings. The van der Waals surface area contributed by atoms with E-state index in [1.165, 1.54) is 6.08 Å². The second-order valence-electron chi connectivity index (χ2n) is 8.66. The average molecular weight is 509 g/mol. The van der Waals surface area contributed by atoms with Crippen LogP contribution in [0, 0.1) is 0 Å². The topological polar surface area (TPSA) is 99.0 Å². The minimum Gasteiger partial charge on any atom is -0.495 e. The number of nitrogens with zero attached hydrogens (tertiary/aromatic N) is 5. The van der Waals surface area contributed by atoms with E-state index in [0.717, 1.165) is 40.4 Å². The number of aromatic nitrogens is 2. The quantitative estimate of drug-likeness (QED) is 0.362. The summed E-state index contributed by atoms with van der Waals surface area (Å²) in [5.41, 5.74) is 5.00. The summed E-state index contributed by atoms with van der Waals surface area (Å²) < 4.78 is 8.70. The van der Waals surface area contributed by atoms with Gasteiger partial charge in [0.2, 0.25) is 5.91 Å². The molecule has 1 atom stereocenters. The molecule has 1 amide bonds. The van der Waals surface area contributed by atoms with Crippen LogP contribution in [-0.4, -0.2) is 74.4 Å². The zero-order valence-electron chi connectivity index (χ0n) is 21.2. The molecule has 11 heteroatoms. The summed E-state index contributed by atoms with van der Waals surface area (Å²) in [4.78, 5) is 20.9. The van der Waals surface area contributed by atoms with Crippen molar-refractivity contribution in [2.75, 3.05) is 56.9 Å². The number of nitrogens with one attached hydrogen (secondary N) is 3. The van der Waals surface area contributed by atoms with Crippen LogP contribution < -0.4 is 25.6 Å². The SMILES string of the molecule is C=CC(=O)Nc1cc(NC2N=CC=C(c3nn(C)c4ccsc34)N2)c(OC)cc1N(C)CCN(C)C. The molecule has 4 rings (SSSR count). The first-order valence-electron chi connectivity index (χ1n) is 11.5. The second kappa shape index (κ2) is 10.8. The lowest BCUT2D eigenvalue weighted by molar-refractivity contribution is -0.111. The molecule has 3 N–H and O–H groups in total. The summed E-state index contributed by atoms with van der Waals surface area (Å²) in [5, 5.41) is 16.5. The Morgan fingerprint density at radius 1 is 1.31 bits per heavy atom. The average Bonchev–Trinajstić information content (AvgIpc) is 3.47. The van der Waals surface area contributed by atoms with Crippen LogP contribution in [0.2, 0.25) is 0 Å². The van der Waals surface area contributed by atoms with E-state index in [1.807, 2.05) is 51.1 Å². The number of ether oxygens (including phenoxy) is 1. The molecule has 1 aliphatic rings. The first kappa shape index (κ1) is 25.3. The molecular formula is C25H32N8O2S. The maximum atomic E-state index is 12.2. The van der Waals surface area contributed by atoms with Crippen molar-refractivity contribution in [1.82, 2.24) is 20.0 Å². The van der Waals surface area contributed by atoms with E-state index in [0.29, 0.717) is 17.1 Å². The van der Waals surface area contributed by atoms with Crippen molar-refractivity contribution in [1.29, 1.82) is 0 Å². The smallest absolute Gasteiger partial charge is 0.247 e. The first-order chi connectivity index (χ1) is 17.3. The Labute approximate surface area is 214 Å². The van der Waals surface area contributed by atoms with Gasteiger partial charge >= 0.3 is 0 Å². The van der Waals surface area contributed by atoms with E-state index in [1.54, 1.807) is 24.7 Å². The van der Waals surface area contributed by atoms with Gasteiger partial charge in [0, 0.05) is 39.5 Å². The molecule has 0 saturated carbocycles. The summed E-state index contributed by atoms with van der Waals surface area (Å²) >= 11 is 1.65. The number of fused-ring (bicyclic) bond motifs is 1. The fourth-order valence-corrected chi connectivity index (χ4v) is 4.80. The van der Waals surface area contributed by atoms with Crippen molar-refractivity contribution in [3.63, 3.8) is 0 Å². The number of likely N-dealkylation sites (N-methyl/N-ethyl adjacent to an activating group) is 2. The van der Waals surface area contributed by atoms with Gasteiger partial charge in [0.1, 0.15) is 11.4 Å². The molecule has 3 heterocycles. The lowest BCUT2D eigenvalue weighted by Crippen LogP contribution is -2.36. The van der Waals surface area contributed by atoms with Gasteiger partial charge in [-0.05, 0) is 43.8 Å². The molecule has 10 nitrogen and oxygen atoms in total. The number of amides is 1. The van der Waals surface area contributed by atoms with E-state index in [9.17, 15) is 4.79 Å². The number of aryl methyl sites for hydroxylation is 1. The number of carbonyl (C=O) groups excluding carboxylic acids is 1. The Bertz CT molecular complexity index is 1320. The Kier molecular flexibility index (Phi) is 7.61. The van der Waals surface area contributed by atoms with Crippen molar-refractivity contribution >= 4 is 56.4 Å². The summed E-state index contributed by atoms with van der Waals surface area (Å²) in [5.74, 6) is 0.340. The summed E-state index contributed by atoms with van der Waals surface area (Å²) in [6.07, 6.45) is 4.46. The van der Waals surface area contributed by atoms with Crippen LogP contribution in [0.1, 0.15) is 5.69 Å². The summed E-state index contributed by atoms with van der Waals surface area (Å²) in [7, 11) is 9.59. The summed E-state index contributed by atoms with van der Waals surface area (Å²) in [6, 6.07) is 5.83. The Balaban J connectivity index is 1.61. The number of carbonyl (C=O) groups is 1. The minimum absolute atomic E-state index is 0.289. The molecule has 0 spiro atoms. The number of benzene rings is 1. The minimum atomic E-state index is -0.462. The molecule has 0 bridgehead atoms. The number of thiophene rings is 1. The van der Waals surface area contributed by atoms with Crippen LogP contribution in [0.3, 0.4) is 0 Å². The van der Waals surface area contributed by atoms with Crippen LogP contribution in [-0.2, 0) is 11.8 Å². The number of allylic oxidation sites excluding steroid dienone is 1. The molecule has 190 valence electrons. The van der Waals surface area contributed by atoms with Gasteiger partial charge in [-0.3, -0.25) is 9.48 Å². The van der Waals surface area contributed by atoms with E-state index in [4.69, 9.17) is 4.74 Å².